The third-order valence-electron chi connectivity index (χ3n) is 4.40. The number of benzene rings is 1. The van der Waals surface area contributed by atoms with Gasteiger partial charge in [-0.15, -0.1) is 0 Å². The van der Waals surface area contributed by atoms with Gasteiger partial charge in [-0.2, -0.15) is 5.10 Å². The summed E-state index contributed by atoms with van der Waals surface area (Å²) in [5.41, 5.74) is 1.39. The number of aryl methyl sites for hydroxylation is 1. The van der Waals surface area contributed by atoms with Crippen molar-refractivity contribution in [1.82, 2.24) is 14.7 Å². The fraction of sp³-hybridized carbons (Fsp3) is 0.412. The predicted octanol–water partition coefficient (Wildman–Crippen LogP) is 4.19. The van der Waals surface area contributed by atoms with Crippen molar-refractivity contribution in [3.63, 3.8) is 0 Å². The van der Waals surface area contributed by atoms with E-state index in [9.17, 15) is 9.18 Å². The molecule has 0 radical (unpaired) electrons. The molecule has 1 heterocycles. The Hall–Kier alpha value is -2.08. The standard InChI is InChI=1S/C17H20ClFN4O/c1-22-16(18)12(10-20-22)11-23(15-4-2-3-5-15)17(24)21-14-8-6-13(19)7-9-14/h6-10,15H,2-5,11H2,1H3,(H,21,24). The number of nitrogens with zero attached hydrogens (tertiary/aromatic N) is 3. The van der Waals surface area contributed by atoms with Crippen LogP contribution in [0.25, 0.3) is 0 Å². The number of nitrogens with one attached hydrogen (secondary N) is 1. The van der Waals surface area contributed by atoms with Gasteiger partial charge in [0, 0.05) is 24.3 Å². The van der Waals surface area contributed by atoms with Gasteiger partial charge < -0.3 is 10.2 Å². The van der Waals surface area contributed by atoms with E-state index in [0.717, 1.165) is 31.2 Å². The summed E-state index contributed by atoms with van der Waals surface area (Å²) in [6, 6.07) is 5.74. The highest BCUT2D eigenvalue weighted by molar-refractivity contribution is 6.30. The van der Waals surface area contributed by atoms with Gasteiger partial charge in [-0.3, -0.25) is 4.68 Å². The number of aromatic nitrogens is 2. The first-order valence-corrected chi connectivity index (χ1v) is 8.42. The average Bonchev–Trinajstić information content (AvgIpc) is 3.19. The molecule has 0 unspecified atom stereocenters. The molecule has 0 bridgehead atoms. The lowest BCUT2D eigenvalue weighted by Crippen LogP contribution is -2.41. The maximum atomic E-state index is 13.0. The van der Waals surface area contributed by atoms with Crippen LogP contribution in [0.4, 0.5) is 14.9 Å². The molecule has 1 aliphatic carbocycles. The Kier molecular flexibility index (Phi) is 5.04. The van der Waals surface area contributed by atoms with Gasteiger partial charge in [0.2, 0.25) is 0 Å². The zero-order chi connectivity index (χ0) is 17.1. The highest BCUT2D eigenvalue weighted by atomic mass is 35.5. The Bertz CT molecular complexity index is 710. The van der Waals surface area contributed by atoms with Crippen LogP contribution in [0.1, 0.15) is 31.2 Å². The Balaban J connectivity index is 1.77. The highest BCUT2D eigenvalue weighted by Crippen LogP contribution is 2.27. The van der Waals surface area contributed by atoms with E-state index >= 15 is 0 Å². The van der Waals surface area contributed by atoms with Gasteiger partial charge in [-0.1, -0.05) is 24.4 Å². The number of carbonyl (C=O) groups is 1. The van der Waals surface area contributed by atoms with Crippen molar-refractivity contribution in [2.45, 2.75) is 38.3 Å². The van der Waals surface area contributed by atoms with E-state index in [1.54, 1.807) is 35.0 Å². The van der Waals surface area contributed by atoms with Gasteiger partial charge in [0.1, 0.15) is 11.0 Å². The average molecular weight is 351 g/mol. The van der Waals surface area contributed by atoms with Gasteiger partial charge in [0.15, 0.2) is 0 Å². The van der Waals surface area contributed by atoms with E-state index in [-0.39, 0.29) is 17.9 Å². The minimum Gasteiger partial charge on any atom is -0.317 e. The molecular weight excluding hydrogens is 331 g/mol. The highest BCUT2D eigenvalue weighted by Gasteiger charge is 2.28. The van der Waals surface area contributed by atoms with Crippen LogP contribution in [0.3, 0.4) is 0 Å². The second-order valence-electron chi connectivity index (χ2n) is 6.09. The number of urea groups is 1. The molecule has 1 fully saturated rings. The van der Waals surface area contributed by atoms with Crippen molar-refractivity contribution in [3.8, 4) is 0 Å². The maximum absolute atomic E-state index is 13.0. The van der Waals surface area contributed by atoms with Gasteiger partial charge in [0.05, 0.1) is 12.7 Å². The lowest BCUT2D eigenvalue weighted by molar-refractivity contribution is 0.184. The van der Waals surface area contributed by atoms with Crippen molar-refractivity contribution in [3.05, 3.63) is 47.0 Å². The monoisotopic (exact) mass is 350 g/mol. The van der Waals surface area contributed by atoms with Crippen LogP contribution < -0.4 is 5.32 Å². The molecule has 0 aliphatic heterocycles. The van der Waals surface area contributed by atoms with Crippen molar-refractivity contribution in [2.24, 2.45) is 7.05 Å². The molecule has 0 spiro atoms. The molecule has 1 aromatic heterocycles. The molecule has 128 valence electrons. The first-order valence-electron chi connectivity index (χ1n) is 8.04. The second-order valence-corrected chi connectivity index (χ2v) is 6.45. The molecule has 2 amide bonds. The third-order valence-corrected chi connectivity index (χ3v) is 4.89. The smallest absolute Gasteiger partial charge is 0.317 e. The van der Waals surface area contributed by atoms with E-state index in [0.29, 0.717) is 17.4 Å². The maximum Gasteiger partial charge on any atom is 0.322 e. The van der Waals surface area contributed by atoms with Crippen molar-refractivity contribution >= 4 is 23.3 Å². The fourth-order valence-corrected chi connectivity index (χ4v) is 3.22. The Labute approximate surface area is 145 Å². The minimum atomic E-state index is -0.331. The number of rotatable bonds is 4. The van der Waals surface area contributed by atoms with E-state index in [4.69, 9.17) is 11.6 Å². The zero-order valence-electron chi connectivity index (χ0n) is 13.5. The molecule has 7 heteroatoms. The largest absolute Gasteiger partial charge is 0.322 e. The molecule has 0 saturated heterocycles. The Morgan fingerprint density at radius 3 is 2.62 bits per heavy atom. The van der Waals surface area contributed by atoms with Crippen molar-refractivity contribution < 1.29 is 9.18 Å². The summed E-state index contributed by atoms with van der Waals surface area (Å²) in [6.07, 6.45) is 5.89. The Morgan fingerprint density at radius 1 is 1.38 bits per heavy atom. The number of hydrogen-bond donors (Lipinski definition) is 1. The predicted molar refractivity (Wildman–Crippen MR) is 91.4 cm³/mol. The molecule has 1 saturated carbocycles. The van der Waals surface area contributed by atoms with Crippen LogP contribution >= 0.6 is 11.6 Å². The fourth-order valence-electron chi connectivity index (χ4n) is 3.07. The first-order chi connectivity index (χ1) is 11.5. The summed E-state index contributed by atoms with van der Waals surface area (Å²) in [6.45, 7) is 0.407. The van der Waals surface area contributed by atoms with Crippen LogP contribution in [-0.2, 0) is 13.6 Å². The van der Waals surface area contributed by atoms with Gasteiger partial charge >= 0.3 is 6.03 Å². The summed E-state index contributed by atoms with van der Waals surface area (Å²) in [5, 5.41) is 7.51. The molecule has 24 heavy (non-hydrogen) atoms. The van der Waals surface area contributed by atoms with Crippen molar-refractivity contribution in [1.29, 1.82) is 0 Å². The molecule has 5 nitrogen and oxygen atoms in total. The van der Waals surface area contributed by atoms with E-state index in [1.807, 2.05) is 0 Å². The lowest BCUT2D eigenvalue weighted by Gasteiger charge is -2.29. The van der Waals surface area contributed by atoms with Crippen LogP contribution in [0, 0.1) is 5.82 Å². The molecule has 1 N–H and O–H groups in total. The van der Waals surface area contributed by atoms with Crippen LogP contribution in [0.2, 0.25) is 5.15 Å². The molecule has 1 aliphatic rings. The summed E-state index contributed by atoms with van der Waals surface area (Å²) >= 11 is 6.24. The van der Waals surface area contributed by atoms with E-state index in [1.165, 1.54) is 12.1 Å². The number of carbonyl (C=O) groups excluding carboxylic acids is 1. The number of anilines is 1. The summed E-state index contributed by atoms with van der Waals surface area (Å²) in [5.74, 6) is -0.331. The van der Waals surface area contributed by atoms with Crippen molar-refractivity contribution in [2.75, 3.05) is 5.32 Å². The molecule has 1 aromatic carbocycles. The van der Waals surface area contributed by atoms with Gasteiger partial charge in [0.25, 0.3) is 0 Å². The van der Waals surface area contributed by atoms with Gasteiger partial charge in [-0.25, -0.2) is 9.18 Å². The topological polar surface area (TPSA) is 50.2 Å². The SMILES string of the molecule is Cn1ncc(CN(C(=O)Nc2ccc(F)cc2)C2CCCC2)c1Cl. The lowest BCUT2D eigenvalue weighted by atomic mass is 10.2. The normalized spacial score (nSPS) is 14.8. The molecular formula is C17H20ClFN4O. The van der Waals surface area contributed by atoms with E-state index < -0.39 is 0 Å². The zero-order valence-corrected chi connectivity index (χ0v) is 14.3. The van der Waals surface area contributed by atoms with Crippen LogP contribution in [0.5, 0.6) is 0 Å². The third kappa shape index (κ3) is 3.70. The first kappa shape index (κ1) is 16.8. The molecule has 3 rings (SSSR count). The Morgan fingerprint density at radius 2 is 2.04 bits per heavy atom. The van der Waals surface area contributed by atoms with Crippen LogP contribution in [-0.4, -0.2) is 26.8 Å². The molecule has 2 aromatic rings. The van der Waals surface area contributed by atoms with Crippen LogP contribution in [0.15, 0.2) is 30.5 Å². The summed E-state index contributed by atoms with van der Waals surface area (Å²) in [7, 11) is 1.77. The molecule has 0 atom stereocenters. The number of hydrogen-bond acceptors (Lipinski definition) is 2. The summed E-state index contributed by atoms with van der Waals surface area (Å²) in [4.78, 5) is 14.6. The van der Waals surface area contributed by atoms with Gasteiger partial charge in [-0.05, 0) is 37.1 Å². The number of amides is 2. The number of halogens is 2. The van der Waals surface area contributed by atoms with E-state index in [2.05, 4.69) is 10.4 Å². The summed E-state index contributed by atoms with van der Waals surface area (Å²) < 4.78 is 14.6. The quantitative estimate of drug-likeness (QED) is 0.898. The minimum absolute atomic E-state index is 0.182. The second kappa shape index (κ2) is 7.21.